The van der Waals surface area contributed by atoms with E-state index in [1.807, 2.05) is 0 Å². The van der Waals surface area contributed by atoms with Crippen LogP contribution in [0.5, 0.6) is 0 Å². The summed E-state index contributed by atoms with van der Waals surface area (Å²) < 4.78 is 5.22. The Morgan fingerprint density at radius 3 is 2.65 bits per heavy atom. The van der Waals surface area contributed by atoms with Gasteiger partial charge in [-0.3, -0.25) is 9.59 Å². The molecular weight excluding hydrogens is 340 g/mol. The van der Waals surface area contributed by atoms with Gasteiger partial charge in [0.15, 0.2) is 5.82 Å². The Labute approximate surface area is 152 Å². The zero-order valence-electron chi connectivity index (χ0n) is 15.2. The molecule has 144 valence electrons. The lowest BCUT2D eigenvalue weighted by atomic mass is 10.1. The number of carboxylic acids is 1. The lowest BCUT2D eigenvalue weighted by molar-refractivity contribution is -0.149. The van der Waals surface area contributed by atoms with Gasteiger partial charge in [-0.25, -0.2) is 4.79 Å². The van der Waals surface area contributed by atoms with Gasteiger partial charge in [0.05, 0.1) is 0 Å². The van der Waals surface area contributed by atoms with Gasteiger partial charge in [-0.15, -0.1) is 0 Å². The second kappa shape index (κ2) is 9.30. The minimum Gasteiger partial charge on any atom is -0.480 e. The van der Waals surface area contributed by atoms with Crippen LogP contribution in [0.3, 0.4) is 0 Å². The normalized spacial score (nSPS) is 15.6. The number of carboxylic acid groups (broad SMARTS) is 1. The maximum absolute atomic E-state index is 12.5. The van der Waals surface area contributed by atoms with E-state index in [0.29, 0.717) is 17.6 Å². The number of carbonyl (C=O) groups excluding carboxylic acids is 2. The van der Waals surface area contributed by atoms with Crippen LogP contribution in [0.25, 0.3) is 0 Å². The van der Waals surface area contributed by atoms with Crippen molar-refractivity contribution in [3.8, 4) is 0 Å². The molecule has 2 N–H and O–H groups in total. The van der Waals surface area contributed by atoms with Gasteiger partial charge in [0, 0.05) is 38.8 Å². The Kier molecular flexibility index (Phi) is 7.11. The van der Waals surface area contributed by atoms with E-state index in [2.05, 4.69) is 15.5 Å². The van der Waals surface area contributed by atoms with Crippen molar-refractivity contribution in [1.82, 2.24) is 20.4 Å². The Balaban J connectivity index is 1.90. The number of aromatic nitrogens is 2. The molecule has 1 fully saturated rings. The van der Waals surface area contributed by atoms with Crippen LogP contribution < -0.4 is 5.32 Å². The predicted molar refractivity (Wildman–Crippen MR) is 91.3 cm³/mol. The molecule has 1 aliphatic rings. The van der Waals surface area contributed by atoms with Gasteiger partial charge in [0.2, 0.25) is 17.7 Å². The molecule has 0 aromatic carbocycles. The topological polar surface area (TPSA) is 126 Å². The largest absolute Gasteiger partial charge is 0.480 e. The fourth-order valence-corrected chi connectivity index (χ4v) is 3.10. The molecule has 1 saturated carbocycles. The fraction of sp³-hybridized carbons (Fsp3) is 0.706. The van der Waals surface area contributed by atoms with Crippen LogP contribution in [0.1, 0.15) is 63.6 Å². The van der Waals surface area contributed by atoms with Crippen molar-refractivity contribution in [3.05, 3.63) is 11.7 Å². The summed E-state index contributed by atoms with van der Waals surface area (Å²) in [6.45, 7) is 3.14. The third kappa shape index (κ3) is 5.53. The summed E-state index contributed by atoms with van der Waals surface area (Å²) in [4.78, 5) is 40.3. The molecule has 9 heteroatoms. The van der Waals surface area contributed by atoms with Gasteiger partial charge in [-0.1, -0.05) is 18.0 Å². The minimum atomic E-state index is -1.09. The molecule has 1 aromatic rings. The van der Waals surface area contributed by atoms with Crippen molar-refractivity contribution in [2.24, 2.45) is 0 Å². The van der Waals surface area contributed by atoms with Crippen molar-refractivity contribution < 1.29 is 24.0 Å². The standard InChI is InChI=1S/C17H26N4O5/c1-11(17(24)25)21(10-9-18-12(2)22)15(23)8-7-14-19-16(20-26-14)13-5-3-4-6-13/h11,13H,3-10H2,1-2H3,(H,18,22)(H,24,25). The molecule has 9 nitrogen and oxygen atoms in total. The average Bonchev–Trinajstić information content (AvgIpc) is 3.26. The van der Waals surface area contributed by atoms with Gasteiger partial charge in [-0.05, 0) is 19.8 Å². The Bertz CT molecular complexity index is 639. The van der Waals surface area contributed by atoms with Gasteiger partial charge in [0.25, 0.3) is 0 Å². The summed E-state index contributed by atoms with van der Waals surface area (Å²) in [5.41, 5.74) is 0. The zero-order valence-corrected chi connectivity index (χ0v) is 15.2. The fourth-order valence-electron chi connectivity index (χ4n) is 3.10. The predicted octanol–water partition coefficient (Wildman–Crippen LogP) is 1.10. The molecule has 26 heavy (non-hydrogen) atoms. The van der Waals surface area contributed by atoms with Crippen molar-refractivity contribution in [1.29, 1.82) is 0 Å². The molecule has 2 rings (SSSR count). The van der Waals surface area contributed by atoms with Crippen molar-refractivity contribution in [2.75, 3.05) is 13.1 Å². The molecule has 1 atom stereocenters. The van der Waals surface area contributed by atoms with E-state index in [9.17, 15) is 19.5 Å². The van der Waals surface area contributed by atoms with Gasteiger partial charge in [0.1, 0.15) is 6.04 Å². The van der Waals surface area contributed by atoms with Crippen molar-refractivity contribution in [2.45, 2.75) is 64.3 Å². The van der Waals surface area contributed by atoms with Crippen molar-refractivity contribution >= 4 is 17.8 Å². The Morgan fingerprint density at radius 1 is 1.35 bits per heavy atom. The molecule has 0 radical (unpaired) electrons. The van der Waals surface area contributed by atoms with E-state index < -0.39 is 12.0 Å². The molecule has 1 aromatic heterocycles. The number of hydrogen-bond donors (Lipinski definition) is 2. The summed E-state index contributed by atoms with van der Waals surface area (Å²) in [6, 6.07) is -0.979. The Morgan fingerprint density at radius 2 is 2.04 bits per heavy atom. The van der Waals surface area contributed by atoms with E-state index in [1.165, 1.54) is 31.6 Å². The van der Waals surface area contributed by atoms with Gasteiger partial charge < -0.3 is 19.8 Å². The van der Waals surface area contributed by atoms with E-state index in [1.54, 1.807) is 0 Å². The van der Waals surface area contributed by atoms with E-state index in [-0.39, 0.29) is 37.7 Å². The highest BCUT2D eigenvalue weighted by Gasteiger charge is 2.26. The first-order chi connectivity index (χ1) is 12.4. The maximum Gasteiger partial charge on any atom is 0.326 e. The van der Waals surface area contributed by atoms with Gasteiger partial charge in [-0.2, -0.15) is 4.98 Å². The molecule has 1 aliphatic carbocycles. The highest BCUT2D eigenvalue weighted by atomic mass is 16.5. The minimum absolute atomic E-state index is 0.0734. The van der Waals surface area contributed by atoms with E-state index in [4.69, 9.17) is 4.52 Å². The lowest BCUT2D eigenvalue weighted by Gasteiger charge is -2.26. The number of amides is 2. The molecule has 0 saturated heterocycles. The average molecular weight is 366 g/mol. The summed E-state index contributed by atoms with van der Waals surface area (Å²) in [7, 11) is 0. The van der Waals surface area contributed by atoms with Crippen LogP contribution in [0.2, 0.25) is 0 Å². The number of aliphatic carboxylic acids is 1. The Hall–Kier alpha value is -2.45. The van der Waals surface area contributed by atoms with E-state index >= 15 is 0 Å². The number of aryl methyl sites for hydroxylation is 1. The van der Waals surface area contributed by atoms with Crippen molar-refractivity contribution in [3.63, 3.8) is 0 Å². The van der Waals surface area contributed by atoms with Gasteiger partial charge >= 0.3 is 5.97 Å². The zero-order chi connectivity index (χ0) is 19.1. The summed E-state index contributed by atoms with van der Waals surface area (Å²) in [5, 5.41) is 15.8. The summed E-state index contributed by atoms with van der Waals surface area (Å²) in [6.07, 6.45) is 4.80. The molecule has 0 aliphatic heterocycles. The second-order valence-electron chi connectivity index (χ2n) is 6.61. The molecule has 0 bridgehead atoms. The van der Waals surface area contributed by atoms with Crippen LogP contribution in [-0.2, 0) is 20.8 Å². The number of hydrogen-bond acceptors (Lipinski definition) is 6. The highest BCUT2D eigenvalue weighted by Crippen LogP contribution is 2.32. The lowest BCUT2D eigenvalue weighted by Crippen LogP contribution is -2.46. The van der Waals surface area contributed by atoms with Crippen LogP contribution in [-0.4, -0.2) is 57.1 Å². The highest BCUT2D eigenvalue weighted by molar-refractivity contribution is 5.83. The first kappa shape index (κ1) is 19.9. The van der Waals surface area contributed by atoms with Crippen LogP contribution >= 0.6 is 0 Å². The smallest absolute Gasteiger partial charge is 0.326 e. The number of nitrogens with zero attached hydrogens (tertiary/aromatic N) is 3. The van der Waals surface area contributed by atoms with Crippen LogP contribution in [0, 0.1) is 0 Å². The van der Waals surface area contributed by atoms with Crippen LogP contribution in [0.15, 0.2) is 4.52 Å². The SMILES string of the molecule is CC(=O)NCCN(C(=O)CCc1nc(C2CCCC2)no1)C(C)C(=O)O. The first-order valence-electron chi connectivity index (χ1n) is 8.97. The quantitative estimate of drug-likeness (QED) is 0.670. The molecule has 1 unspecified atom stereocenters. The monoisotopic (exact) mass is 366 g/mol. The third-order valence-electron chi connectivity index (χ3n) is 4.63. The number of nitrogens with one attached hydrogen (secondary N) is 1. The maximum atomic E-state index is 12.5. The van der Waals surface area contributed by atoms with E-state index in [0.717, 1.165) is 12.8 Å². The molecule has 2 amide bonds. The third-order valence-corrected chi connectivity index (χ3v) is 4.63. The van der Waals surface area contributed by atoms with Crippen LogP contribution in [0.4, 0.5) is 0 Å². The molecular formula is C17H26N4O5. The first-order valence-corrected chi connectivity index (χ1v) is 8.97. The summed E-state index contributed by atoms with van der Waals surface area (Å²) >= 11 is 0. The number of rotatable bonds is 9. The summed E-state index contributed by atoms with van der Waals surface area (Å²) in [5.74, 6) is -0.222. The number of carbonyl (C=O) groups is 3. The second-order valence-corrected chi connectivity index (χ2v) is 6.61. The molecule has 0 spiro atoms. The molecule has 1 heterocycles.